The minimum Gasteiger partial charge on any atom is -0.480 e. The topological polar surface area (TPSA) is 69.6 Å². The van der Waals surface area contributed by atoms with E-state index in [0.717, 1.165) is 32.1 Å². The van der Waals surface area contributed by atoms with Gasteiger partial charge < -0.3 is 10.4 Å². The number of carboxylic acids is 1. The van der Waals surface area contributed by atoms with Gasteiger partial charge in [-0.15, -0.1) is 11.8 Å². The van der Waals surface area contributed by atoms with Crippen LogP contribution in [0.5, 0.6) is 0 Å². The predicted octanol–water partition coefficient (Wildman–Crippen LogP) is 2.51. The molecule has 4 atom stereocenters. The number of rotatable bonds is 6. The molecule has 1 saturated heterocycles. The number of nitrogens with zero attached hydrogens (tertiary/aromatic N) is 1. The minimum atomic E-state index is -0.896. The highest BCUT2D eigenvalue weighted by molar-refractivity contribution is 8.00. The molecule has 2 fully saturated rings. The Morgan fingerprint density at radius 3 is 2.60 bits per heavy atom. The summed E-state index contributed by atoms with van der Waals surface area (Å²) < 4.78 is 0. The van der Waals surface area contributed by atoms with Crippen LogP contribution in [0.3, 0.4) is 0 Å². The fourth-order valence-corrected chi connectivity index (χ4v) is 4.36. The Hall–Kier alpha value is -0.910. The molecule has 1 heterocycles. The largest absolute Gasteiger partial charge is 0.480 e. The molecule has 0 bridgehead atoms. The van der Waals surface area contributed by atoms with Crippen LogP contribution in [0.15, 0.2) is 0 Å². The molecule has 2 amide bonds. The fourth-order valence-electron chi connectivity index (χ4n) is 2.84. The molecule has 114 valence electrons. The quantitative estimate of drug-likeness (QED) is 0.791. The summed E-state index contributed by atoms with van der Waals surface area (Å²) in [6.45, 7) is 4.20. The predicted molar refractivity (Wildman–Crippen MR) is 79.8 cm³/mol. The van der Waals surface area contributed by atoms with E-state index >= 15 is 0 Å². The Labute approximate surface area is 124 Å². The van der Waals surface area contributed by atoms with Crippen LogP contribution < -0.4 is 5.32 Å². The number of amides is 2. The average molecular weight is 300 g/mol. The lowest BCUT2D eigenvalue weighted by Gasteiger charge is -2.27. The van der Waals surface area contributed by atoms with Crippen LogP contribution in [0, 0.1) is 5.92 Å². The Bertz CT molecular complexity index is 377. The molecule has 0 aromatic rings. The maximum atomic E-state index is 12.4. The van der Waals surface area contributed by atoms with Crippen LogP contribution in [0.2, 0.25) is 0 Å². The van der Waals surface area contributed by atoms with Crippen molar-refractivity contribution in [3.8, 4) is 0 Å². The van der Waals surface area contributed by atoms with Gasteiger partial charge in [0.2, 0.25) is 0 Å². The number of hydrogen-bond acceptors (Lipinski definition) is 3. The zero-order chi connectivity index (χ0) is 14.7. The van der Waals surface area contributed by atoms with Crippen LogP contribution in [0.1, 0.15) is 46.0 Å². The van der Waals surface area contributed by atoms with Crippen molar-refractivity contribution in [2.75, 3.05) is 5.75 Å². The molecule has 4 unspecified atom stereocenters. The summed E-state index contributed by atoms with van der Waals surface area (Å²) in [5.74, 6) is 0.190. The third-order valence-corrected chi connectivity index (χ3v) is 5.39. The molecule has 0 spiro atoms. The van der Waals surface area contributed by atoms with E-state index in [1.165, 1.54) is 0 Å². The molecule has 2 rings (SSSR count). The highest BCUT2D eigenvalue weighted by Gasteiger charge is 2.44. The number of thioether (sulfide) groups is 1. The van der Waals surface area contributed by atoms with Gasteiger partial charge in [-0.05, 0) is 25.2 Å². The van der Waals surface area contributed by atoms with Gasteiger partial charge in [0, 0.05) is 11.8 Å². The Kier molecular flexibility index (Phi) is 5.18. The van der Waals surface area contributed by atoms with Crippen molar-refractivity contribution in [1.29, 1.82) is 0 Å². The van der Waals surface area contributed by atoms with Crippen molar-refractivity contribution >= 4 is 23.8 Å². The number of carbonyl (C=O) groups excluding carboxylic acids is 1. The van der Waals surface area contributed by atoms with Crippen LogP contribution in [0.4, 0.5) is 4.79 Å². The lowest BCUT2D eigenvalue weighted by molar-refractivity contribution is -0.141. The molecule has 6 heteroatoms. The number of nitrogens with one attached hydrogen (secondary N) is 1. The molecule has 1 aliphatic carbocycles. The second kappa shape index (κ2) is 6.70. The molecule has 0 aromatic carbocycles. The molecular formula is C14H24N2O3S. The van der Waals surface area contributed by atoms with E-state index in [0.29, 0.717) is 11.7 Å². The van der Waals surface area contributed by atoms with Crippen molar-refractivity contribution < 1.29 is 14.7 Å². The molecule has 20 heavy (non-hydrogen) atoms. The SMILES string of the molecule is CCCC1CC1NC(=O)N1C(CCC)SCC1C(=O)O. The second-order valence-corrected chi connectivity index (χ2v) is 6.89. The maximum Gasteiger partial charge on any atom is 0.327 e. The van der Waals surface area contributed by atoms with Crippen LogP contribution >= 0.6 is 11.8 Å². The van der Waals surface area contributed by atoms with Crippen molar-refractivity contribution in [2.45, 2.75) is 63.4 Å². The first-order valence-corrected chi connectivity index (χ1v) is 8.56. The number of hydrogen-bond donors (Lipinski definition) is 2. The van der Waals surface area contributed by atoms with Crippen molar-refractivity contribution in [2.24, 2.45) is 5.92 Å². The van der Waals surface area contributed by atoms with E-state index in [4.69, 9.17) is 0 Å². The molecule has 2 N–H and O–H groups in total. The van der Waals surface area contributed by atoms with Gasteiger partial charge in [-0.3, -0.25) is 4.90 Å². The van der Waals surface area contributed by atoms with Gasteiger partial charge in [0.05, 0.1) is 5.37 Å². The molecule has 5 nitrogen and oxygen atoms in total. The molecule has 2 aliphatic rings. The van der Waals surface area contributed by atoms with Gasteiger partial charge in [0.25, 0.3) is 0 Å². The maximum absolute atomic E-state index is 12.4. The lowest BCUT2D eigenvalue weighted by Crippen LogP contribution is -2.50. The summed E-state index contributed by atoms with van der Waals surface area (Å²) in [4.78, 5) is 25.2. The first-order chi connectivity index (χ1) is 9.58. The van der Waals surface area contributed by atoms with Crippen molar-refractivity contribution in [3.63, 3.8) is 0 Å². The summed E-state index contributed by atoms with van der Waals surface area (Å²) in [5, 5.41) is 12.3. The lowest BCUT2D eigenvalue weighted by atomic mass is 10.2. The number of carbonyl (C=O) groups is 2. The van der Waals surface area contributed by atoms with E-state index in [1.54, 1.807) is 16.7 Å². The average Bonchev–Trinajstić information content (AvgIpc) is 2.97. The summed E-state index contributed by atoms with van der Waals surface area (Å²) in [7, 11) is 0. The number of urea groups is 1. The van der Waals surface area contributed by atoms with E-state index in [-0.39, 0.29) is 17.4 Å². The van der Waals surface area contributed by atoms with Gasteiger partial charge in [0.1, 0.15) is 6.04 Å². The third-order valence-electron chi connectivity index (χ3n) is 4.04. The molecule has 1 saturated carbocycles. The normalized spacial score (nSPS) is 32.2. The van der Waals surface area contributed by atoms with Crippen LogP contribution in [0.25, 0.3) is 0 Å². The van der Waals surface area contributed by atoms with Crippen LogP contribution in [-0.4, -0.2) is 45.2 Å². The fraction of sp³-hybridized carbons (Fsp3) is 0.857. The van der Waals surface area contributed by atoms with Crippen molar-refractivity contribution in [1.82, 2.24) is 10.2 Å². The van der Waals surface area contributed by atoms with E-state index in [9.17, 15) is 14.7 Å². The highest BCUT2D eigenvalue weighted by atomic mass is 32.2. The van der Waals surface area contributed by atoms with E-state index in [1.807, 2.05) is 0 Å². The summed E-state index contributed by atoms with van der Waals surface area (Å²) in [6, 6.07) is -0.617. The van der Waals surface area contributed by atoms with Gasteiger partial charge in [0.15, 0.2) is 0 Å². The molecular weight excluding hydrogens is 276 g/mol. The summed E-state index contributed by atoms with van der Waals surface area (Å²) >= 11 is 1.58. The monoisotopic (exact) mass is 300 g/mol. The third kappa shape index (κ3) is 3.40. The second-order valence-electron chi connectivity index (χ2n) is 5.68. The molecule has 1 aliphatic heterocycles. The van der Waals surface area contributed by atoms with Gasteiger partial charge >= 0.3 is 12.0 Å². The van der Waals surface area contributed by atoms with Gasteiger partial charge in [-0.1, -0.05) is 26.7 Å². The Balaban J connectivity index is 1.95. The zero-order valence-electron chi connectivity index (χ0n) is 12.2. The van der Waals surface area contributed by atoms with Gasteiger partial charge in [-0.2, -0.15) is 0 Å². The first kappa shape index (κ1) is 15.5. The Morgan fingerprint density at radius 1 is 1.30 bits per heavy atom. The number of aliphatic carboxylic acids is 1. The standard InChI is InChI=1S/C14H24N2O3S/c1-3-5-9-7-10(9)15-14(19)16-11(13(17)18)8-20-12(16)6-4-2/h9-12H,3-8H2,1-2H3,(H,15,19)(H,17,18). The summed E-state index contributed by atoms with van der Waals surface area (Å²) in [5.41, 5.74) is 0. The van der Waals surface area contributed by atoms with E-state index in [2.05, 4.69) is 19.2 Å². The molecule has 0 radical (unpaired) electrons. The summed E-state index contributed by atoms with van der Waals surface area (Å²) in [6.07, 6.45) is 5.12. The first-order valence-electron chi connectivity index (χ1n) is 7.51. The van der Waals surface area contributed by atoms with E-state index < -0.39 is 12.0 Å². The Morgan fingerprint density at radius 2 is 2.00 bits per heavy atom. The molecule has 0 aromatic heterocycles. The van der Waals surface area contributed by atoms with Crippen molar-refractivity contribution in [3.05, 3.63) is 0 Å². The smallest absolute Gasteiger partial charge is 0.327 e. The van der Waals surface area contributed by atoms with Gasteiger partial charge in [-0.25, -0.2) is 9.59 Å². The zero-order valence-corrected chi connectivity index (χ0v) is 13.0. The van der Waals surface area contributed by atoms with Crippen LogP contribution in [-0.2, 0) is 4.79 Å². The minimum absolute atomic E-state index is 0.00414. The highest BCUT2D eigenvalue weighted by Crippen LogP contribution is 2.36. The number of carboxylic acid groups (broad SMARTS) is 1.